The van der Waals surface area contributed by atoms with Crippen LogP contribution in [0.1, 0.15) is 17.5 Å². The first-order valence-electron chi connectivity index (χ1n) is 6.78. The molecule has 0 amide bonds. The highest BCUT2D eigenvalue weighted by Gasteiger charge is 2.01. The van der Waals surface area contributed by atoms with E-state index in [9.17, 15) is 0 Å². The van der Waals surface area contributed by atoms with Gasteiger partial charge in [-0.15, -0.1) is 0 Å². The molecule has 3 N–H and O–H groups in total. The number of nitrogens with two attached hydrogens (primary N) is 1. The Morgan fingerprint density at radius 1 is 1.25 bits per heavy atom. The molecule has 4 nitrogen and oxygen atoms in total. The molecule has 0 bridgehead atoms. The fourth-order valence-corrected chi connectivity index (χ4v) is 2.08. The van der Waals surface area contributed by atoms with Gasteiger partial charge in [-0.3, -0.25) is 0 Å². The average Bonchev–Trinajstić information content (AvgIpc) is 2.44. The Bertz CT molecular complexity index is 569. The number of anilines is 2. The molecule has 106 valence electrons. The minimum Gasteiger partial charge on any atom is -0.495 e. The predicted octanol–water partition coefficient (Wildman–Crippen LogP) is 3.03. The number of aryl methyl sites for hydroxylation is 2. The maximum absolute atomic E-state index is 5.89. The van der Waals surface area contributed by atoms with Gasteiger partial charge in [0.25, 0.3) is 0 Å². The number of nitrogens with one attached hydrogen (secondary N) is 1. The van der Waals surface area contributed by atoms with Crippen LogP contribution in [0.4, 0.5) is 11.5 Å². The van der Waals surface area contributed by atoms with Crippen molar-refractivity contribution < 1.29 is 4.74 Å². The van der Waals surface area contributed by atoms with Gasteiger partial charge >= 0.3 is 0 Å². The zero-order valence-electron chi connectivity index (χ0n) is 12.0. The largest absolute Gasteiger partial charge is 0.495 e. The van der Waals surface area contributed by atoms with Crippen molar-refractivity contribution in [2.45, 2.75) is 19.8 Å². The topological polar surface area (TPSA) is 60.2 Å². The van der Waals surface area contributed by atoms with Crippen LogP contribution in [0.3, 0.4) is 0 Å². The molecule has 2 aromatic rings. The summed E-state index contributed by atoms with van der Waals surface area (Å²) in [5.41, 5.74) is 9.02. The van der Waals surface area contributed by atoms with Gasteiger partial charge in [-0.25, -0.2) is 4.98 Å². The van der Waals surface area contributed by atoms with Crippen molar-refractivity contribution in [2.75, 3.05) is 24.7 Å². The smallest absolute Gasteiger partial charge is 0.141 e. The Hall–Kier alpha value is -2.23. The van der Waals surface area contributed by atoms with E-state index < -0.39 is 0 Å². The fraction of sp³-hybridized carbons (Fsp3) is 0.312. The Kier molecular flexibility index (Phi) is 4.82. The standard InChI is InChI=1S/C16H21N3O/c1-12-7-9-19-16(10-12)18-8-3-4-13-5-6-15(20-2)14(17)11-13/h5-7,9-11H,3-4,8,17H2,1-2H3,(H,18,19). The van der Waals surface area contributed by atoms with Crippen molar-refractivity contribution in [2.24, 2.45) is 0 Å². The van der Waals surface area contributed by atoms with E-state index in [1.54, 1.807) is 7.11 Å². The van der Waals surface area contributed by atoms with E-state index >= 15 is 0 Å². The van der Waals surface area contributed by atoms with Gasteiger partial charge in [0, 0.05) is 12.7 Å². The molecule has 1 aromatic carbocycles. The van der Waals surface area contributed by atoms with E-state index in [1.165, 1.54) is 11.1 Å². The molecule has 0 atom stereocenters. The normalized spacial score (nSPS) is 10.3. The second-order valence-electron chi connectivity index (χ2n) is 4.83. The number of ether oxygens (including phenoxy) is 1. The van der Waals surface area contributed by atoms with Crippen LogP contribution >= 0.6 is 0 Å². The Labute approximate surface area is 120 Å². The van der Waals surface area contributed by atoms with Gasteiger partial charge in [-0.05, 0) is 55.2 Å². The minimum atomic E-state index is 0.693. The van der Waals surface area contributed by atoms with Crippen LogP contribution in [0.5, 0.6) is 5.75 Å². The van der Waals surface area contributed by atoms with Gasteiger partial charge in [0.05, 0.1) is 12.8 Å². The summed E-state index contributed by atoms with van der Waals surface area (Å²) in [6.07, 6.45) is 3.83. The number of aromatic nitrogens is 1. The van der Waals surface area contributed by atoms with Crippen LogP contribution in [-0.2, 0) is 6.42 Å². The highest BCUT2D eigenvalue weighted by Crippen LogP contribution is 2.22. The molecule has 4 heteroatoms. The first-order valence-corrected chi connectivity index (χ1v) is 6.78. The number of methoxy groups -OCH3 is 1. The first kappa shape index (κ1) is 14.2. The molecule has 0 unspecified atom stereocenters. The molecule has 0 aliphatic rings. The third-order valence-corrected chi connectivity index (χ3v) is 3.16. The monoisotopic (exact) mass is 271 g/mol. The molecule has 1 aromatic heterocycles. The van der Waals surface area contributed by atoms with Crippen LogP contribution in [0.2, 0.25) is 0 Å². The van der Waals surface area contributed by atoms with Crippen LogP contribution in [0, 0.1) is 6.92 Å². The van der Waals surface area contributed by atoms with E-state index in [-0.39, 0.29) is 0 Å². The molecular weight excluding hydrogens is 250 g/mol. The second-order valence-corrected chi connectivity index (χ2v) is 4.83. The number of rotatable bonds is 6. The highest BCUT2D eigenvalue weighted by molar-refractivity contribution is 5.54. The molecule has 0 fully saturated rings. The van der Waals surface area contributed by atoms with Crippen molar-refractivity contribution in [3.8, 4) is 5.75 Å². The maximum Gasteiger partial charge on any atom is 0.141 e. The molecule has 0 radical (unpaired) electrons. The molecule has 20 heavy (non-hydrogen) atoms. The Morgan fingerprint density at radius 2 is 2.10 bits per heavy atom. The van der Waals surface area contributed by atoms with Crippen LogP contribution in [0.15, 0.2) is 36.5 Å². The van der Waals surface area contributed by atoms with Crippen LogP contribution in [0.25, 0.3) is 0 Å². The molecule has 0 aliphatic heterocycles. The summed E-state index contributed by atoms with van der Waals surface area (Å²) in [6.45, 7) is 2.95. The number of pyridine rings is 1. The van der Waals surface area contributed by atoms with Gasteiger partial charge in [-0.1, -0.05) is 6.07 Å². The summed E-state index contributed by atoms with van der Waals surface area (Å²) >= 11 is 0. The summed E-state index contributed by atoms with van der Waals surface area (Å²) in [4.78, 5) is 4.27. The summed E-state index contributed by atoms with van der Waals surface area (Å²) in [5, 5.41) is 3.33. The molecule has 1 heterocycles. The highest BCUT2D eigenvalue weighted by atomic mass is 16.5. The number of hydrogen-bond acceptors (Lipinski definition) is 4. The molecule has 0 saturated carbocycles. The molecular formula is C16H21N3O. The first-order chi connectivity index (χ1) is 9.69. The van der Waals surface area contributed by atoms with Gasteiger partial charge < -0.3 is 15.8 Å². The summed E-state index contributed by atoms with van der Waals surface area (Å²) < 4.78 is 5.15. The minimum absolute atomic E-state index is 0.693. The quantitative estimate of drug-likeness (QED) is 0.626. The Morgan fingerprint density at radius 3 is 2.80 bits per heavy atom. The molecule has 0 saturated heterocycles. The molecule has 0 aliphatic carbocycles. The van der Waals surface area contributed by atoms with Crippen LogP contribution in [-0.4, -0.2) is 18.6 Å². The number of benzene rings is 1. The number of nitrogens with zero attached hydrogens (tertiary/aromatic N) is 1. The van der Waals surface area contributed by atoms with Gasteiger partial charge in [0.1, 0.15) is 11.6 Å². The predicted molar refractivity (Wildman–Crippen MR) is 83.2 cm³/mol. The summed E-state index contributed by atoms with van der Waals surface area (Å²) in [5.74, 6) is 1.66. The number of nitrogen functional groups attached to an aromatic ring is 1. The molecule has 2 rings (SSSR count). The van der Waals surface area contributed by atoms with E-state index in [2.05, 4.69) is 23.3 Å². The lowest BCUT2D eigenvalue weighted by atomic mass is 10.1. The van der Waals surface area contributed by atoms with E-state index in [0.29, 0.717) is 5.69 Å². The van der Waals surface area contributed by atoms with Gasteiger partial charge in [0.15, 0.2) is 0 Å². The van der Waals surface area contributed by atoms with Gasteiger partial charge in [0.2, 0.25) is 0 Å². The van der Waals surface area contributed by atoms with Crippen molar-refractivity contribution in [3.05, 3.63) is 47.7 Å². The number of hydrogen-bond donors (Lipinski definition) is 2. The lowest BCUT2D eigenvalue weighted by Crippen LogP contribution is -2.05. The molecule has 0 spiro atoms. The third-order valence-electron chi connectivity index (χ3n) is 3.16. The van der Waals surface area contributed by atoms with E-state index in [4.69, 9.17) is 10.5 Å². The lowest BCUT2D eigenvalue weighted by molar-refractivity contribution is 0.417. The van der Waals surface area contributed by atoms with Crippen molar-refractivity contribution in [3.63, 3.8) is 0 Å². The van der Waals surface area contributed by atoms with Crippen molar-refractivity contribution in [1.82, 2.24) is 4.98 Å². The van der Waals surface area contributed by atoms with Gasteiger partial charge in [-0.2, -0.15) is 0 Å². The van der Waals surface area contributed by atoms with Crippen molar-refractivity contribution in [1.29, 1.82) is 0 Å². The third kappa shape index (κ3) is 3.88. The summed E-state index contributed by atoms with van der Waals surface area (Å²) in [7, 11) is 1.63. The maximum atomic E-state index is 5.89. The Balaban J connectivity index is 1.80. The zero-order chi connectivity index (χ0) is 14.4. The SMILES string of the molecule is COc1ccc(CCCNc2cc(C)ccn2)cc1N. The zero-order valence-corrected chi connectivity index (χ0v) is 12.0. The van der Waals surface area contributed by atoms with Crippen LogP contribution < -0.4 is 15.8 Å². The summed E-state index contributed by atoms with van der Waals surface area (Å²) in [6, 6.07) is 9.99. The van der Waals surface area contributed by atoms with Crippen molar-refractivity contribution >= 4 is 11.5 Å². The van der Waals surface area contributed by atoms with E-state index in [1.807, 2.05) is 30.5 Å². The second kappa shape index (κ2) is 6.80. The fourth-order valence-electron chi connectivity index (χ4n) is 2.08. The average molecular weight is 271 g/mol. The lowest BCUT2D eigenvalue weighted by Gasteiger charge is -2.08. The van der Waals surface area contributed by atoms with E-state index in [0.717, 1.165) is 31.0 Å².